The van der Waals surface area contributed by atoms with Crippen LogP contribution in [0.2, 0.25) is 0 Å². The molecule has 1 rings (SSSR count). The Bertz CT molecular complexity index is 486. The molecule has 0 fully saturated rings. The molecule has 7 nitrogen and oxygen atoms in total. The Kier molecular flexibility index (Phi) is 4.09. The first-order chi connectivity index (χ1) is 8.04. The normalized spacial score (nSPS) is 11.8. The third-order valence-corrected chi connectivity index (χ3v) is 1.81. The van der Waals surface area contributed by atoms with Crippen molar-refractivity contribution in [1.82, 2.24) is 5.43 Å². The Hall–Kier alpha value is -2.51. The molecule has 0 aliphatic heterocycles. The van der Waals surface area contributed by atoms with Gasteiger partial charge in [-0.25, -0.2) is 9.82 Å². The first-order valence-corrected chi connectivity index (χ1v) is 4.50. The van der Waals surface area contributed by atoms with E-state index in [-0.39, 0.29) is 17.2 Å². The largest absolute Gasteiger partial charge is 0.369 e. The summed E-state index contributed by atoms with van der Waals surface area (Å²) in [4.78, 5) is 13.4. The molecule has 0 atom stereocenters. The Morgan fingerprint density at radius 1 is 1.65 bits per heavy atom. The number of nitro groups is 1. The molecular weight excluding hydrogens is 229 g/mol. The molecular formula is C9H10FN5O2. The first kappa shape index (κ1) is 12.6. The molecule has 3 N–H and O–H groups in total. The van der Waals surface area contributed by atoms with E-state index in [0.717, 1.165) is 24.4 Å². The summed E-state index contributed by atoms with van der Waals surface area (Å²) >= 11 is 0. The average Bonchev–Trinajstić information content (AvgIpc) is 2.30. The van der Waals surface area contributed by atoms with E-state index in [1.54, 1.807) is 0 Å². The van der Waals surface area contributed by atoms with Gasteiger partial charge in [-0.2, -0.15) is 5.10 Å². The van der Waals surface area contributed by atoms with Crippen LogP contribution in [-0.2, 0) is 0 Å². The highest BCUT2D eigenvalue weighted by molar-refractivity contribution is 5.83. The van der Waals surface area contributed by atoms with Crippen LogP contribution in [0.3, 0.4) is 0 Å². The summed E-state index contributed by atoms with van der Waals surface area (Å²) in [5.41, 5.74) is 7.36. The maximum Gasteiger partial charge on any atom is 0.270 e. The molecule has 0 aliphatic carbocycles. The second kappa shape index (κ2) is 5.54. The van der Waals surface area contributed by atoms with Gasteiger partial charge in [0.15, 0.2) is 0 Å². The van der Waals surface area contributed by atoms with Crippen molar-refractivity contribution in [3.05, 3.63) is 39.7 Å². The van der Waals surface area contributed by atoms with Crippen molar-refractivity contribution in [2.45, 2.75) is 0 Å². The molecule has 0 radical (unpaired) electrons. The van der Waals surface area contributed by atoms with Crippen molar-refractivity contribution in [2.75, 3.05) is 7.05 Å². The SMILES string of the molecule is CN=C(N)NN=Cc1cc([N+](=O)[O-])ccc1F. The number of nitrogens with two attached hydrogens (primary N) is 1. The zero-order chi connectivity index (χ0) is 12.8. The number of nitrogens with zero attached hydrogens (tertiary/aromatic N) is 3. The molecule has 1 aromatic rings. The molecule has 0 saturated heterocycles. The highest BCUT2D eigenvalue weighted by Gasteiger charge is 2.08. The van der Waals surface area contributed by atoms with E-state index in [0.29, 0.717) is 0 Å². The van der Waals surface area contributed by atoms with Crippen molar-refractivity contribution in [1.29, 1.82) is 0 Å². The van der Waals surface area contributed by atoms with Crippen LogP contribution in [0, 0.1) is 15.9 Å². The highest BCUT2D eigenvalue weighted by Crippen LogP contribution is 2.15. The highest BCUT2D eigenvalue weighted by atomic mass is 19.1. The molecule has 17 heavy (non-hydrogen) atoms. The van der Waals surface area contributed by atoms with E-state index < -0.39 is 10.7 Å². The van der Waals surface area contributed by atoms with Crippen molar-refractivity contribution < 1.29 is 9.31 Å². The van der Waals surface area contributed by atoms with Gasteiger partial charge in [0.05, 0.1) is 11.1 Å². The van der Waals surface area contributed by atoms with E-state index >= 15 is 0 Å². The molecule has 0 amide bonds. The van der Waals surface area contributed by atoms with E-state index in [4.69, 9.17) is 5.73 Å². The average molecular weight is 239 g/mol. The molecule has 0 aromatic heterocycles. The van der Waals surface area contributed by atoms with Crippen LogP contribution in [0.25, 0.3) is 0 Å². The molecule has 0 bridgehead atoms. The lowest BCUT2D eigenvalue weighted by Crippen LogP contribution is -2.26. The van der Waals surface area contributed by atoms with Gasteiger partial charge in [0.1, 0.15) is 5.82 Å². The summed E-state index contributed by atoms with van der Waals surface area (Å²) in [5, 5.41) is 14.1. The zero-order valence-corrected chi connectivity index (χ0v) is 8.92. The number of rotatable bonds is 3. The standard InChI is InChI=1S/C9H10FN5O2/c1-12-9(11)14-13-5-6-4-7(15(16)17)2-3-8(6)10/h2-5H,1H3,(H3,11,12,14). The Morgan fingerprint density at radius 3 is 2.94 bits per heavy atom. The monoisotopic (exact) mass is 239 g/mol. The number of hydrazone groups is 1. The molecule has 90 valence electrons. The fraction of sp³-hybridized carbons (Fsp3) is 0.111. The van der Waals surface area contributed by atoms with Gasteiger partial charge in [0, 0.05) is 24.7 Å². The van der Waals surface area contributed by atoms with Crippen LogP contribution in [0.1, 0.15) is 5.56 Å². The van der Waals surface area contributed by atoms with Gasteiger partial charge in [-0.15, -0.1) is 0 Å². The topological polar surface area (TPSA) is 106 Å². The number of hydrogen-bond donors (Lipinski definition) is 2. The quantitative estimate of drug-likeness (QED) is 0.348. The summed E-state index contributed by atoms with van der Waals surface area (Å²) in [5.74, 6) is -0.569. The maximum absolute atomic E-state index is 13.2. The van der Waals surface area contributed by atoms with E-state index in [9.17, 15) is 14.5 Å². The first-order valence-electron chi connectivity index (χ1n) is 4.50. The summed E-state index contributed by atoms with van der Waals surface area (Å²) in [6.45, 7) is 0. The van der Waals surface area contributed by atoms with Crippen molar-refractivity contribution >= 4 is 17.9 Å². The second-order valence-electron chi connectivity index (χ2n) is 2.94. The van der Waals surface area contributed by atoms with Gasteiger partial charge in [-0.3, -0.25) is 15.1 Å². The van der Waals surface area contributed by atoms with Gasteiger partial charge in [0.2, 0.25) is 5.96 Å². The van der Waals surface area contributed by atoms with E-state index in [2.05, 4.69) is 15.5 Å². The minimum Gasteiger partial charge on any atom is -0.369 e. The summed E-state index contributed by atoms with van der Waals surface area (Å²) in [6.07, 6.45) is 1.08. The molecule has 0 aliphatic rings. The van der Waals surface area contributed by atoms with Crippen LogP contribution in [0.4, 0.5) is 10.1 Å². The lowest BCUT2D eigenvalue weighted by Gasteiger charge is -1.98. The van der Waals surface area contributed by atoms with Gasteiger partial charge >= 0.3 is 0 Å². The molecule has 0 saturated carbocycles. The Labute approximate surface area is 96.0 Å². The number of hydrogen-bond acceptors (Lipinski definition) is 4. The number of guanidine groups is 1. The van der Waals surface area contributed by atoms with Crippen LogP contribution in [0.5, 0.6) is 0 Å². The fourth-order valence-electron chi connectivity index (χ4n) is 0.962. The van der Waals surface area contributed by atoms with Crippen LogP contribution in [-0.4, -0.2) is 24.1 Å². The lowest BCUT2D eigenvalue weighted by atomic mass is 10.2. The van der Waals surface area contributed by atoms with Crippen LogP contribution in [0.15, 0.2) is 28.3 Å². The summed E-state index contributed by atoms with van der Waals surface area (Å²) in [6, 6.07) is 3.14. The van der Waals surface area contributed by atoms with Crippen LogP contribution < -0.4 is 11.2 Å². The minimum atomic E-state index is -0.619. The number of halogens is 1. The number of non-ortho nitro benzene ring substituents is 1. The lowest BCUT2D eigenvalue weighted by molar-refractivity contribution is -0.384. The third-order valence-electron chi connectivity index (χ3n) is 1.81. The van der Waals surface area contributed by atoms with Gasteiger partial charge < -0.3 is 5.73 Å². The number of nitrogens with one attached hydrogen (secondary N) is 1. The Morgan fingerprint density at radius 2 is 2.35 bits per heavy atom. The third kappa shape index (κ3) is 3.52. The summed E-state index contributed by atoms with van der Waals surface area (Å²) < 4.78 is 13.2. The van der Waals surface area contributed by atoms with E-state index in [1.807, 2.05) is 0 Å². The molecule has 8 heteroatoms. The number of benzene rings is 1. The molecule has 0 heterocycles. The zero-order valence-electron chi connectivity index (χ0n) is 8.92. The smallest absolute Gasteiger partial charge is 0.270 e. The van der Waals surface area contributed by atoms with Crippen molar-refractivity contribution in [3.8, 4) is 0 Å². The predicted molar refractivity (Wildman–Crippen MR) is 61.3 cm³/mol. The predicted octanol–water partition coefficient (Wildman–Crippen LogP) is 0.602. The van der Waals surface area contributed by atoms with Gasteiger partial charge in [-0.1, -0.05) is 0 Å². The molecule has 1 aromatic carbocycles. The second-order valence-corrected chi connectivity index (χ2v) is 2.94. The van der Waals surface area contributed by atoms with Crippen LogP contribution >= 0.6 is 0 Å². The van der Waals surface area contributed by atoms with Crippen molar-refractivity contribution in [2.24, 2.45) is 15.8 Å². The summed E-state index contributed by atoms with van der Waals surface area (Å²) in [7, 11) is 1.45. The minimum absolute atomic E-state index is 0.0180. The maximum atomic E-state index is 13.2. The fourth-order valence-corrected chi connectivity index (χ4v) is 0.962. The van der Waals surface area contributed by atoms with Crippen molar-refractivity contribution in [3.63, 3.8) is 0 Å². The van der Waals surface area contributed by atoms with Gasteiger partial charge in [-0.05, 0) is 6.07 Å². The van der Waals surface area contributed by atoms with Gasteiger partial charge in [0.25, 0.3) is 5.69 Å². The number of aliphatic imine (C=N–C) groups is 1. The van der Waals surface area contributed by atoms with E-state index in [1.165, 1.54) is 7.05 Å². The molecule has 0 unspecified atom stereocenters. The number of nitro benzene ring substituents is 1. The Balaban J connectivity index is 2.90. The molecule has 0 spiro atoms.